The molecular formula is C12H27LuO3. The summed E-state index contributed by atoms with van der Waals surface area (Å²) >= 11 is 0. The molecule has 0 saturated heterocycles. The van der Waals surface area contributed by atoms with Gasteiger partial charge in [-0.05, 0) is 0 Å². The Hall–Kier alpha value is 1.11. The van der Waals surface area contributed by atoms with Gasteiger partial charge in [0.25, 0.3) is 0 Å². The van der Waals surface area contributed by atoms with Crippen molar-refractivity contribution in [3.8, 4) is 0 Å². The average Bonchev–Trinajstić information content (AvgIpc) is 2.23. The molecule has 0 spiro atoms. The van der Waals surface area contributed by atoms with E-state index in [0.29, 0.717) is 0 Å². The Balaban J connectivity index is -0.0000000655. The third-order valence-corrected chi connectivity index (χ3v) is 1.49. The average molecular weight is 394 g/mol. The Kier molecular flexibility index (Phi) is 58.1. The SMILES string of the molecule is CCCC[O-].CCCC[O-].CCCC[O-].[Lu+3]. The van der Waals surface area contributed by atoms with Gasteiger partial charge in [0.05, 0.1) is 0 Å². The molecule has 0 atom stereocenters. The zero-order valence-corrected chi connectivity index (χ0v) is 12.5. The monoisotopic (exact) mass is 394 g/mol. The molecule has 0 heterocycles. The summed E-state index contributed by atoms with van der Waals surface area (Å²) in [7, 11) is 0. The standard InChI is InChI=1S/3C4H9O.Lu/c3*1-2-3-4-5;/h3*2-4H2,1H3;/q3*-1;+3. The van der Waals surface area contributed by atoms with Crippen LogP contribution in [0.5, 0.6) is 0 Å². The van der Waals surface area contributed by atoms with Crippen LogP contribution in [0.15, 0.2) is 0 Å². The van der Waals surface area contributed by atoms with E-state index in [2.05, 4.69) is 0 Å². The molecule has 3 nitrogen and oxygen atoms in total. The maximum Gasteiger partial charge on any atom is 3.00 e. The molecule has 0 rings (SSSR count). The Morgan fingerprint density at radius 3 is 0.750 bits per heavy atom. The van der Waals surface area contributed by atoms with E-state index in [1.165, 1.54) is 0 Å². The van der Waals surface area contributed by atoms with Gasteiger partial charge in [-0.25, -0.2) is 0 Å². The quantitative estimate of drug-likeness (QED) is 0.657. The predicted octanol–water partition coefficient (Wildman–Crippen LogP) is 0.440. The Morgan fingerprint density at radius 1 is 0.562 bits per heavy atom. The molecule has 0 aromatic heterocycles. The number of hydrogen-bond acceptors (Lipinski definition) is 3. The van der Waals surface area contributed by atoms with Gasteiger partial charge in [0, 0.05) is 0 Å². The van der Waals surface area contributed by atoms with Crippen molar-refractivity contribution in [2.24, 2.45) is 0 Å². The molecular weight excluding hydrogens is 367 g/mol. The normalized spacial score (nSPS) is 7.88. The first-order valence-electron chi connectivity index (χ1n) is 5.99. The van der Waals surface area contributed by atoms with Crippen LogP contribution >= 0.6 is 0 Å². The fourth-order valence-corrected chi connectivity index (χ4v) is 0.433. The summed E-state index contributed by atoms with van der Waals surface area (Å²) in [6.07, 6.45) is 5.59. The number of hydrogen-bond donors (Lipinski definition) is 0. The summed E-state index contributed by atoms with van der Waals surface area (Å²) in [5.41, 5.74) is 0. The van der Waals surface area contributed by atoms with E-state index >= 15 is 0 Å². The first-order valence-corrected chi connectivity index (χ1v) is 5.99. The minimum Gasteiger partial charge on any atom is -0.854 e. The molecule has 16 heavy (non-hydrogen) atoms. The van der Waals surface area contributed by atoms with Crippen molar-refractivity contribution in [1.29, 1.82) is 0 Å². The zero-order valence-electron chi connectivity index (χ0n) is 10.8. The maximum absolute atomic E-state index is 9.53. The minimum absolute atomic E-state index is 0. The van der Waals surface area contributed by atoms with Gasteiger partial charge in [0.15, 0.2) is 0 Å². The van der Waals surface area contributed by atoms with Gasteiger partial charge in [0.2, 0.25) is 0 Å². The van der Waals surface area contributed by atoms with Gasteiger partial charge in [-0.1, -0.05) is 59.3 Å². The van der Waals surface area contributed by atoms with Crippen molar-refractivity contribution >= 4 is 0 Å². The third-order valence-electron chi connectivity index (χ3n) is 1.49. The van der Waals surface area contributed by atoms with Crippen LogP contribution in [0.1, 0.15) is 59.3 Å². The van der Waals surface area contributed by atoms with Crippen LogP contribution < -0.4 is 15.3 Å². The second kappa shape index (κ2) is 36.0. The zero-order chi connectivity index (χ0) is 12.4. The second-order valence-electron chi connectivity index (χ2n) is 3.17. The minimum atomic E-state index is 0. The van der Waals surface area contributed by atoms with Crippen LogP contribution in [-0.2, 0) is 0 Å². The first kappa shape index (κ1) is 25.8. The van der Waals surface area contributed by atoms with Crippen LogP contribution in [0.4, 0.5) is 0 Å². The fraction of sp³-hybridized carbons (Fsp3) is 1.00. The molecule has 0 radical (unpaired) electrons. The number of rotatable bonds is 6. The van der Waals surface area contributed by atoms with Crippen LogP contribution in [0.2, 0.25) is 0 Å². The molecule has 0 N–H and O–H groups in total. The van der Waals surface area contributed by atoms with E-state index in [-0.39, 0.29) is 56.7 Å². The summed E-state index contributed by atoms with van der Waals surface area (Å²) in [5.74, 6) is 0. The third kappa shape index (κ3) is 59.5. The molecule has 0 amide bonds. The molecule has 0 aliphatic heterocycles. The van der Waals surface area contributed by atoms with Crippen LogP contribution in [0, 0.1) is 36.9 Å². The van der Waals surface area contributed by atoms with Gasteiger partial charge in [-0.2, -0.15) is 0 Å². The van der Waals surface area contributed by atoms with E-state index in [1.807, 2.05) is 20.8 Å². The summed E-state index contributed by atoms with van der Waals surface area (Å²) in [6.45, 7) is 6.32. The summed E-state index contributed by atoms with van der Waals surface area (Å²) in [6, 6.07) is 0. The molecule has 0 aromatic carbocycles. The summed E-state index contributed by atoms with van der Waals surface area (Å²) in [5, 5.41) is 28.6. The van der Waals surface area contributed by atoms with Crippen molar-refractivity contribution in [3.63, 3.8) is 0 Å². The smallest absolute Gasteiger partial charge is 0.854 e. The first-order chi connectivity index (χ1) is 7.24. The maximum atomic E-state index is 9.53. The van der Waals surface area contributed by atoms with Crippen molar-refractivity contribution < 1.29 is 52.2 Å². The van der Waals surface area contributed by atoms with E-state index in [9.17, 15) is 15.3 Å². The van der Waals surface area contributed by atoms with Crippen molar-refractivity contribution in [1.82, 2.24) is 0 Å². The van der Waals surface area contributed by atoms with Gasteiger partial charge in [-0.15, -0.1) is 19.8 Å². The molecule has 0 saturated carbocycles. The van der Waals surface area contributed by atoms with Gasteiger partial charge in [-0.3, -0.25) is 0 Å². The Labute approximate surface area is 130 Å². The molecule has 4 heteroatoms. The molecule has 0 bridgehead atoms. The molecule has 0 unspecified atom stereocenters. The van der Waals surface area contributed by atoms with Crippen molar-refractivity contribution in [3.05, 3.63) is 0 Å². The van der Waals surface area contributed by atoms with Gasteiger partial charge in [0.1, 0.15) is 0 Å². The Bertz CT molecular complexity index is 53.0. The van der Waals surface area contributed by atoms with Crippen LogP contribution in [0.3, 0.4) is 0 Å². The van der Waals surface area contributed by atoms with E-state index in [0.717, 1.165) is 38.5 Å². The predicted molar refractivity (Wildman–Crippen MR) is 59.3 cm³/mol. The summed E-state index contributed by atoms with van der Waals surface area (Å²) < 4.78 is 0. The number of unbranched alkanes of at least 4 members (excludes halogenated alkanes) is 3. The summed E-state index contributed by atoms with van der Waals surface area (Å²) in [4.78, 5) is 0. The largest absolute Gasteiger partial charge is 3.00 e. The van der Waals surface area contributed by atoms with Crippen LogP contribution in [-0.4, -0.2) is 19.8 Å². The van der Waals surface area contributed by atoms with E-state index < -0.39 is 0 Å². The van der Waals surface area contributed by atoms with Crippen molar-refractivity contribution in [2.75, 3.05) is 19.8 Å². The second-order valence-corrected chi connectivity index (χ2v) is 3.17. The van der Waals surface area contributed by atoms with E-state index in [4.69, 9.17) is 0 Å². The molecule has 0 aromatic rings. The van der Waals surface area contributed by atoms with Gasteiger partial charge >= 0.3 is 36.9 Å². The van der Waals surface area contributed by atoms with Crippen LogP contribution in [0.25, 0.3) is 0 Å². The van der Waals surface area contributed by atoms with Crippen molar-refractivity contribution in [2.45, 2.75) is 59.3 Å². The molecule has 108 valence electrons. The van der Waals surface area contributed by atoms with E-state index in [1.54, 1.807) is 0 Å². The molecule has 0 aliphatic carbocycles. The fourth-order valence-electron chi connectivity index (χ4n) is 0.433. The topological polar surface area (TPSA) is 69.2 Å². The Morgan fingerprint density at radius 2 is 0.750 bits per heavy atom. The van der Waals surface area contributed by atoms with Gasteiger partial charge < -0.3 is 15.3 Å². The molecule has 0 fully saturated rings. The molecule has 0 aliphatic rings.